The summed E-state index contributed by atoms with van der Waals surface area (Å²) in [7, 11) is 0. The number of amides is 1. The molecule has 7 heteroatoms. The number of nitrogens with one attached hydrogen (secondary N) is 2. The molecular weight excluding hydrogens is 376 g/mol. The molecule has 0 bridgehead atoms. The standard InChI is InChI=1S/C19H14Cl2FN3O/c20-16-7-5-14(9-17(16)21)25-19(26)18-8-6-15(11-24-18)23-10-12-1-3-13(22)4-2-12/h1-9,11,23H,10H2,(H,25,26). The molecule has 1 heterocycles. The number of rotatable bonds is 5. The van der Waals surface area contributed by atoms with Crippen LogP contribution in [0.3, 0.4) is 0 Å². The van der Waals surface area contributed by atoms with Crippen LogP contribution in [0, 0.1) is 5.82 Å². The first-order chi connectivity index (χ1) is 12.5. The zero-order valence-corrected chi connectivity index (χ0v) is 15.0. The van der Waals surface area contributed by atoms with E-state index in [4.69, 9.17) is 23.2 Å². The van der Waals surface area contributed by atoms with Gasteiger partial charge in [0.05, 0.1) is 21.9 Å². The number of carbonyl (C=O) groups excluding carboxylic acids is 1. The molecule has 0 radical (unpaired) electrons. The lowest BCUT2D eigenvalue weighted by molar-refractivity contribution is 0.102. The van der Waals surface area contributed by atoms with Gasteiger partial charge in [-0.3, -0.25) is 4.79 Å². The van der Waals surface area contributed by atoms with Crippen LogP contribution < -0.4 is 10.6 Å². The summed E-state index contributed by atoms with van der Waals surface area (Å²) in [5, 5.41) is 6.64. The lowest BCUT2D eigenvalue weighted by Gasteiger charge is -2.08. The number of anilines is 2. The second-order valence-electron chi connectivity index (χ2n) is 5.50. The van der Waals surface area contributed by atoms with Crippen molar-refractivity contribution in [3.8, 4) is 0 Å². The van der Waals surface area contributed by atoms with E-state index >= 15 is 0 Å². The Morgan fingerprint density at radius 3 is 2.35 bits per heavy atom. The van der Waals surface area contributed by atoms with Crippen molar-refractivity contribution in [2.24, 2.45) is 0 Å². The van der Waals surface area contributed by atoms with Crippen molar-refractivity contribution in [1.82, 2.24) is 4.98 Å². The predicted octanol–water partition coefficient (Wildman–Crippen LogP) is 5.39. The molecule has 0 fully saturated rings. The molecule has 1 amide bonds. The molecule has 3 rings (SSSR count). The van der Waals surface area contributed by atoms with Crippen LogP contribution in [0.4, 0.5) is 15.8 Å². The molecule has 0 spiro atoms. The predicted molar refractivity (Wildman–Crippen MR) is 102 cm³/mol. The Morgan fingerprint density at radius 1 is 0.962 bits per heavy atom. The Labute approximate surface area is 160 Å². The maximum absolute atomic E-state index is 12.9. The van der Waals surface area contributed by atoms with Gasteiger partial charge in [0.1, 0.15) is 11.5 Å². The molecule has 0 atom stereocenters. The number of aromatic nitrogens is 1. The fraction of sp³-hybridized carbons (Fsp3) is 0.0526. The third kappa shape index (κ3) is 4.71. The number of pyridine rings is 1. The Balaban J connectivity index is 1.60. The van der Waals surface area contributed by atoms with Gasteiger partial charge in [-0.2, -0.15) is 0 Å². The van der Waals surface area contributed by atoms with Crippen molar-refractivity contribution >= 4 is 40.5 Å². The fourth-order valence-electron chi connectivity index (χ4n) is 2.21. The number of carbonyl (C=O) groups is 1. The maximum atomic E-state index is 12.9. The second-order valence-corrected chi connectivity index (χ2v) is 6.31. The van der Waals surface area contributed by atoms with E-state index in [0.717, 1.165) is 11.3 Å². The zero-order chi connectivity index (χ0) is 18.5. The first-order valence-electron chi connectivity index (χ1n) is 7.72. The van der Waals surface area contributed by atoms with E-state index in [1.54, 1.807) is 48.7 Å². The minimum Gasteiger partial charge on any atom is -0.380 e. The van der Waals surface area contributed by atoms with Gasteiger partial charge in [0.25, 0.3) is 5.91 Å². The highest BCUT2D eigenvalue weighted by Gasteiger charge is 2.09. The number of halogens is 3. The van der Waals surface area contributed by atoms with Gasteiger partial charge in [-0.05, 0) is 48.0 Å². The van der Waals surface area contributed by atoms with Crippen LogP contribution in [0.25, 0.3) is 0 Å². The van der Waals surface area contributed by atoms with E-state index in [9.17, 15) is 9.18 Å². The van der Waals surface area contributed by atoms with Crippen LogP contribution in [0.2, 0.25) is 10.0 Å². The van der Waals surface area contributed by atoms with Gasteiger partial charge >= 0.3 is 0 Å². The van der Waals surface area contributed by atoms with Gasteiger partial charge in [0.15, 0.2) is 0 Å². The number of hydrogen-bond donors (Lipinski definition) is 2. The number of hydrogen-bond acceptors (Lipinski definition) is 3. The van der Waals surface area contributed by atoms with Gasteiger partial charge in [-0.15, -0.1) is 0 Å². The summed E-state index contributed by atoms with van der Waals surface area (Å²) in [6.45, 7) is 0.525. The van der Waals surface area contributed by atoms with Gasteiger partial charge in [-0.25, -0.2) is 9.37 Å². The topological polar surface area (TPSA) is 54.0 Å². The SMILES string of the molecule is O=C(Nc1ccc(Cl)c(Cl)c1)c1ccc(NCc2ccc(F)cc2)cn1. The summed E-state index contributed by atoms with van der Waals surface area (Å²) < 4.78 is 12.9. The molecule has 3 aromatic rings. The molecule has 0 saturated heterocycles. The molecule has 2 N–H and O–H groups in total. The minimum atomic E-state index is -0.353. The molecule has 26 heavy (non-hydrogen) atoms. The van der Waals surface area contributed by atoms with Crippen molar-refractivity contribution in [3.63, 3.8) is 0 Å². The molecule has 1 aromatic heterocycles. The minimum absolute atomic E-state index is 0.267. The Hall–Kier alpha value is -2.63. The molecule has 0 aliphatic carbocycles. The van der Waals surface area contributed by atoms with E-state index < -0.39 is 0 Å². The smallest absolute Gasteiger partial charge is 0.274 e. The van der Waals surface area contributed by atoms with Crippen molar-refractivity contribution in [2.75, 3.05) is 10.6 Å². The number of benzene rings is 2. The van der Waals surface area contributed by atoms with Crippen molar-refractivity contribution in [1.29, 1.82) is 0 Å². The fourth-order valence-corrected chi connectivity index (χ4v) is 2.51. The second kappa shape index (κ2) is 8.17. The van der Waals surface area contributed by atoms with E-state index in [1.165, 1.54) is 12.1 Å². The van der Waals surface area contributed by atoms with E-state index in [1.807, 2.05) is 0 Å². The summed E-state index contributed by atoms with van der Waals surface area (Å²) in [6, 6.07) is 14.4. The third-order valence-corrected chi connectivity index (χ3v) is 4.32. The summed E-state index contributed by atoms with van der Waals surface area (Å²) in [6.07, 6.45) is 1.56. The molecule has 132 valence electrons. The summed E-state index contributed by atoms with van der Waals surface area (Å²) >= 11 is 11.8. The Morgan fingerprint density at radius 2 is 1.69 bits per heavy atom. The molecule has 2 aromatic carbocycles. The Bertz CT molecular complexity index is 915. The maximum Gasteiger partial charge on any atom is 0.274 e. The lowest BCUT2D eigenvalue weighted by Crippen LogP contribution is -2.13. The normalized spacial score (nSPS) is 10.4. The van der Waals surface area contributed by atoms with Crippen LogP contribution in [0.1, 0.15) is 16.1 Å². The van der Waals surface area contributed by atoms with Crippen LogP contribution in [-0.4, -0.2) is 10.9 Å². The third-order valence-electron chi connectivity index (χ3n) is 3.58. The zero-order valence-electron chi connectivity index (χ0n) is 13.5. The van der Waals surface area contributed by atoms with Crippen LogP contribution in [0.15, 0.2) is 60.8 Å². The summed E-state index contributed by atoms with van der Waals surface area (Å²) in [4.78, 5) is 16.4. The molecule has 0 saturated carbocycles. The van der Waals surface area contributed by atoms with E-state index in [0.29, 0.717) is 22.3 Å². The van der Waals surface area contributed by atoms with Crippen LogP contribution >= 0.6 is 23.2 Å². The summed E-state index contributed by atoms with van der Waals surface area (Å²) in [5.74, 6) is -0.624. The highest BCUT2D eigenvalue weighted by molar-refractivity contribution is 6.42. The first kappa shape index (κ1) is 18.2. The lowest BCUT2D eigenvalue weighted by atomic mass is 10.2. The molecule has 0 aliphatic heterocycles. The highest BCUT2D eigenvalue weighted by Crippen LogP contribution is 2.25. The monoisotopic (exact) mass is 389 g/mol. The quantitative estimate of drug-likeness (QED) is 0.614. The van der Waals surface area contributed by atoms with Crippen LogP contribution in [0.5, 0.6) is 0 Å². The van der Waals surface area contributed by atoms with E-state index in [2.05, 4.69) is 15.6 Å². The molecule has 0 aliphatic rings. The molecular formula is C19H14Cl2FN3O. The largest absolute Gasteiger partial charge is 0.380 e. The molecule has 4 nitrogen and oxygen atoms in total. The van der Waals surface area contributed by atoms with Crippen LogP contribution in [-0.2, 0) is 6.54 Å². The number of nitrogens with zero attached hydrogens (tertiary/aromatic N) is 1. The van der Waals surface area contributed by atoms with Gasteiger partial charge in [0, 0.05) is 12.2 Å². The summed E-state index contributed by atoms with van der Waals surface area (Å²) in [5.41, 5.74) is 2.49. The Kier molecular flexibility index (Phi) is 5.71. The van der Waals surface area contributed by atoms with Crippen molar-refractivity contribution in [2.45, 2.75) is 6.54 Å². The average Bonchev–Trinajstić information content (AvgIpc) is 2.65. The van der Waals surface area contributed by atoms with Crippen molar-refractivity contribution < 1.29 is 9.18 Å². The van der Waals surface area contributed by atoms with Gasteiger partial charge in [0.2, 0.25) is 0 Å². The highest BCUT2D eigenvalue weighted by atomic mass is 35.5. The average molecular weight is 390 g/mol. The van der Waals surface area contributed by atoms with Crippen molar-refractivity contribution in [3.05, 3.63) is 87.9 Å². The van der Waals surface area contributed by atoms with Gasteiger partial charge in [-0.1, -0.05) is 35.3 Å². The van der Waals surface area contributed by atoms with E-state index in [-0.39, 0.29) is 17.4 Å². The first-order valence-corrected chi connectivity index (χ1v) is 8.47. The van der Waals surface area contributed by atoms with Gasteiger partial charge < -0.3 is 10.6 Å². The molecule has 0 unspecified atom stereocenters.